The standard InChI is InChI=1S/C18H20O4P/c1-12(2)23(20)16-11-6-5-8-13(16)18(19)17-14(21-3)9-7-10-15(17)22-4/h5-12H,1-4H3/q+1. The van der Waals surface area contributed by atoms with Gasteiger partial charge >= 0.3 is 7.80 Å². The lowest BCUT2D eigenvalue weighted by Gasteiger charge is -2.12. The van der Waals surface area contributed by atoms with Crippen molar-refractivity contribution in [3.05, 3.63) is 53.6 Å². The molecule has 0 amide bonds. The van der Waals surface area contributed by atoms with Crippen molar-refractivity contribution >= 4 is 18.9 Å². The second-order valence-electron chi connectivity index (χ2n) is 5.30. The second-order valence-corrected chi connectivity index (χ2v) is 7.47. The summed E-state index contributed by atoms with van der Waals surface area (Å²) in [6.07, 6.45) is 0. The molecule has 2 aromatic rings. The Hall–Kier alpha value is -2.19. The fourth-order valence-electron chi connectivity index (χ4n) is 2.35. The van der Waals surface area contributed by atoms with Crippen molar-refractivity contribution in [3.63, 3.8) is 0 Å². The maximum absolute atomic E-state index is 13.1. The Labute approximate surface area is 137 Å². The molecule has 0 saturated heterocycles. The minimum Gasteiger partial charge on any atom is -0.496 e. The van der Waals surface area contributed by atoms with Crippen LogP contribution in [0.1, 0.15) is 29.8 Å². The van der Waals surface area contributed by atoms with E-state index in [0.29, 0.717) is 27.9 Å². The highest BCUT2D eigenvalue weighted by Gasteiger charge is 2.32. The van der Waals surface area contributed by atoms with Gasteiger partial charge in [-0.1, -0.05) is 22.8 Å². The van der Waals surface area contributed by atoms with Crippen molar-refractivity contribution in [1.29, 1.82) is 0 Å². The summed E-state index contributed by atoms with van der Waals surface area (Å²) in [5, 5.41) is 0.565. The lowest BCUT2D eigenvalue weighted by Crippen LogP contribution is -2.16. The SMILES string of the molecule is COc1cccc(OC)c1C(=O)c1ccccc1[P+](=O)C(C)C. The fourth-order valence-corrected chi connectivity index (χ4v) is 3.55. The molecule has 2 aromatic carbocycles. The predicted molar refractivity (Wildman–Crippen MR) is 91.8 cm³/mol. The molecule has 0 bridgehead atoms. The molecule has 0 aromatic heterocycles. The molecule has 2 rings (SSSR count). The van der Waals surface area contributed by atoms with E-state index in [4.69, 9.17) is 9.47 Å². The van der Waals surface area contributed by atoms with Gasteiger partial charge in [-0.3, -0.25) is 4.79 Å². The first-order valence-corrected chi connectivity index (χ1v) is 8.65. The van der Waals surface area contributed by atoms with E-state index < -0.39 is 7.80 Å². The van der Waals surface area contributed by atoms with E-state index >= 15 is 0 Å². The van der Waals surface area contributed by atoms with Crippen LogP contribution >= 0.6 is 7.80 Å². The van der Waals surface area contributed by atoms with Crippen molar-refractivity contribution in [2.24, 2.45) is 0 Å². The quantitative estimate of drug-likeness (QED) is 0.597. The molecule has 1 atom stereocenters. The van der Waals surface area contributed by atoms with Crippen LogP contribution in [0.15, 0.2) is 42.5 Å². The van der Waals surface area contributed by atoms with E-state index in [9.17, 15) is 9.36 Å². The molecule has 0 spiro atoms. The van der Waals surface area contributed by atoms with Gasteiger partial charge in [-0.05, 0) is 38.1 Å². The van der Waals surface area contributed by atoms with Crippen LogP contribution in [0.2, 0.25) is 0 Å². The number of methoxy groups -OCH3 is 2. The third-order valence-electron chi connectivity index (χ3n) is 3.51. The van der Waals surface area contributed by atoms with E-state index in [1.807, 2.05) is 13.8 Å². The van der Waals surface area contributed by atoms with Crippen molar-refractivity contribution in [3.8, 4) is 11.5 Å². The Balaban J connectivity index is 2.61. The first kappa shape index (κ1) is 17.2. The summed E-state index contributed by atoms with van der Waals surface area (Å²) in [4.78, 5) is 13.1. The molecule has 23 heavy (non-hydrogen) atoms. The summed E-state index contributed by atoms with van der Waals surface area (Å²) >= 11 is 0. The highest BCUT2D eigenvalue weighted by molar-refractivity contribution is 7.54. The van der Waals surface area contributed by atoms with Crippen molar-refractivity contribution in [1.82, 2.24) is 0 Å². The Morgan fingerprint density at radius 3 is 2.04 bits per heavy atom. The van der Waals surface area contributed by atoms with Gasteiger partial charge in [0.2, 0.25) is 11.1 Å². The summed E-state index contributed by atoms with van der Waals surface area (Å²) in [5.41, 5.74) is 0.723. The molecule has 0 aliphatic rings. The number of benzene rings is 2. The van der Waals surface area contributed by atoms with Gasteiger partial charge in [0.05, 0.1) is 19.8 Å². The van der Waals surface area contributed by atoms with Gasteiger partial charge in [0, 0.05) is 0 Å². The van der Waals surface area contributed by atoms with E-state index in [2.05, 4.69) is 0 Å². The van der Waals surface area contributed by atoms with Crippen molar-refractivity contribution in [2.45, 2.75) is 19.5 Å². The first-order chi connectivity index (χ1) is 11.0. The van der Waals surface area contributed by atoms with E-state index in [0.717, 1.165) is 0 Å². The average molecular weight is 331 g/mol. The van der Waals surface area contributed by atoms with Crippen LogP contribution in [0.5, 0.6) is 11.5 Å². The van der Waals surface area contributed by atoms with E-state index in [1.165, 1.54) is 14.2 Å². The fraction of sp³-hybridized carbons (Fsp3) is 0.278. The molecule has 0 aliphatic heterocycles. The highest BCUT2D eigenvalue weighted by atomic mass is 31.1. The summed E-state index contributed by atoms with van der Waals surface area (Å²) in [5.74, 6) is 0.617. The first-order valence-electron chi connectivity index (χ1n) is 7.32. The van der Waals surface area contributed by atoms with E-state index in [-0.39, 0.29) is 11.4 Å². The lowest BCUT2D eigenvalue weighted by atomic mass is 10.0. The zero-order valence-electron chi connectivity index (χ0n) is 13.7. The van der Waals surface area contributed by atoms with Crippen LogP contribution in [0.3, 0.4) is 0 Å². The topological polar surface area (TPSA) is 52.6 Å². The summed E-state index contributed by atoms with van der Waals surface area (Å²) in [7, 11) is 1.35. The molecule has 5 heteroatoms. The Kier molecular flexibility index (Phi) is 5.51. The Morgan fingerprint density at radius 2 is 1.52 bits per heavy atom. The highest BCUT2D eigenvalue weighted by Crippen LogP contribution is 2.33. The van der Waals surface area contributed by atoms with Gasteiger partial charge in [-0.15, -0.1) is 0 Å². The summed E-state index contributed by atoms with van der Waals surface area (Å²) < 4.78 is 23.2. The smallest absolute Gasteiger partial charge is 0.380 e. The molecule has 0 aliphatic carbocycles. The van der Waals surface area contributed by atoms with Crippen molar-refractivity contribution in [2.75, 3.05) is 14.2 Å². The number of hydrogen-bond acceptors (Lipinski definition) is 4. The van der Waals surface area contributed by atoms with Crippen LogP contribution in [0.4, 0.5) is 0 Å². The molecule has 1 unspecified atom stereocenters. The van der Waals surface area contributed by atoms with Gasteiger partial charge in [0.15, 0.2) is 5.66 Å². The lowest BCUT2D eigenvalue weighted by molar-refractivity contribution is 0.103. The second kappa shape index (κ2) is 7.38. The Bertz CT molecular complexity index is 715. The molecule has 0 saturated carbocycles. The normalized spacial score (nSPS) is 11.3. The molecule has 4 nitrogen and oxygen atoms in total. The third kappa shape index (κ3) is 3.43. The van der Waals surface area contributed by atoms with Crippen LogP contribution in [-0.2, 0) is 4.57 Å². The number of hydrogen-bond donors (Lipinski definition) is 0. The number of ketones is 1. The maximum Gasteiger partial charge on any atom is 0.380 e. The molecule has 0 N–H and O–H groups in total. The van der Waals surface area contributed by atoms with Gasteiger partial charge in [0.1, 0.15) is 17.1 Å². The Morgan fingerprint density at radius 1 is 0.957 bits per heavy atom. The van der Waals surface area contributed by atoms with E-state index in [1.54, 1.807) is 42.5 Å². The zero-order chi connectivity index (χ0) is 17.0. The minimum atomic E-state index is -1.66. The van der Waals surface area contributed by atoms with Crippen LogP contribution in [0, 0.1) is 0 Å². The number of rotatable bonds is 6. The molecular weight excluding hydrogens is 311 g/mol. The molecule has 0 heterocycles. The summed E-state index contributed by atoms with van der Waals surface area (Å²) in [6, 6.07) is 12.2. The van der Waals surface area contributed by atoms with Gasteiger partial charge < -0.3 is 9.47 Å². The number of ether oxygens (including phenoxy) is 2. The average Bonchev–Trinajstić information content (AvgIpc) is 2.59. The third-order valence-corrected chi connectivity index (χ3v) is 5.31. The summed E-state index contributed by atoms with van der Waals surface area (Å²) in [6.45, 7) is 3.76. The van der Waals surface area contributed by atoms with Gasteiger partial charge in [-0.2, -0.15) is 0 Å². The maximum atomic E-state index is 13.1. The monoisotopic (exact) mass is 331 g/mol. The van der Waals surface area contributed by atoms with Crippen LogP contribution in [0.25, 0.3) is 0 Å². The molecular formula is C18H20O4P+. The minimum absolute atomic E-state index is 0.0430. The number of carbonyl (C=O) groups is 1. The van der Waals surface area contributed by atoms with Gasteiger partial charge in [-0.25, -0.2) is 0 Å². The zero-order valence-corrected chi connectivity index (χ0v) is 14.6. The van der Waals surface area contributed by atoms with Crippen LogP contribution < -0.4 is 14.8 Å². The molecule has 0 radical (unpaired) electrons. The largest absolute Gasteiger partial charge is 0.496 e. The molecule has 0 fully saturated rings. The van der Waals surface area contributed by atoms with Crippen molar-refractivity contribution < 1.29 is 18.8 Å². The predicted octanol–water partition coefficient (Wildman–Crippen LogP) is 3.80. The molecule has 120 valence electrons. The van der Waals surface area contributed by atoms with Gasteiger partial charge in [0.25, 0.3) is 0 Å². The number of carbonyl (C=O) groups excluding carboxylic acids is 1. The van der Waals surface area contributed by atoms with Crippen LogP contribution in [-0.4, -0.2) is 25.7 Å².